The minimum atomic E-state index is -3.40. The number of benzene rings is 1. The van der Waals surface area contributed by atoms with Gasteiger partial charge in [-0.15, -0.1) is 0 Å². The quantitative estimate of drug-likeness (QED) is 0.929. The molecule has 1 aromatic rings. The molecule has 17 heavy (non-hydrogen) atoms. The number of fused-ring (bicyclic) bond motifs is 1. The van der Waals surface area contributed by atoms with Crippen molar-refractivity contribution >= 4 is 26.0 Å². The first kappa shape index (κ1) is 13.1. The topological polar surface area (TPSA) is 60.2 Å². The SMILES string of the molecule is CC(C[C@H]1Cc2ccc(Br)cc2C1)S(N)(=O)=O. The third-order valence-corrected chi connectivity index (χ3v) is 5.22. The highest BCUT2D eigenvalue weighted by Gasteiger charge is 2.26. The summed E-state index contributed by atoms with van der Waals surface area (Å²) < 4.78 is 23.5. The van der Waals surface area contributed by atoms with Gasteiger partial charge in [-0.25, -0.2) is 13.6 Å². The predicted octanol–water partition coefficient (Wildman–Crippen LogP) is 2.23. The third kappa shape index (κ3) is 3.09. The molecular weight excluding hydrogens is 302 g/mol. The smallest absolute Gasteiger partial charge is 0.211 e. The Morgan fingerprint density at radius 1 is 1.41 bits per heavy atom. The predicted molar refractivity (Wildman–Crippen MR) is 72.2 cm³/mol. The summed E-state index contributed by atoms with van der Waals surface area (Å²) >= 11 is 3.45. The zero-order valence-corrected chi connectivity index (χ0v) is 12.1. The Balaban J connectivity index is 2.06. The van der Waals surface area contributed by atoms with E-state index in [4.69, 9.17) is 5.14 Å². The molecule has 1 aliphatic carbocycles. The first-order chi connectivity index (χ1) is 7.86. The molecule has 2 N–H and O–H groups in total. The van der Waals surface area contributed by atoms with E-state index in [1.54, 1.807) is 6.92 Å². The molecule has 0 fully saturated rings. The second-order valence-electron chi connectivity index (χ2n) is 4.82. The van der Waals surface area contributed by atoms with E-state index in [9.17, 15) is 8.42 Å². The van der Waals surface area contributed by atoms with Gasteiger partial charge in [0, 0.05) is 4.47 Å². The zero-order chi connectivity index (χ0) is 12.6. The Labute approximate surface area is 111 Å². The fourth-order valence-electron chi connectivity index (χ4n) is 2.45. The molecule has 1 aromatic carbocycles. The molecule has 0 bridgehead atoms. The van der Waals surface area contributed by atoms with E-state index < -0.39 is 15.3 Å². The third-order valence-electron chi connectivity index (χ3n) is 3.41. The van der Waals surface area contributed by atoms with Crippen LogP contribution in [0.4, 0.5) is 0 Å². The molecular formula is C12H16BrNO2S. The van der Waals surface area contributed by atoms with Gasteiger partial charge in [0.15, 0.2) is 0 Å². The van der Waals surface area contributed by atoms with E-state index in [-0.39, 0.29) is 0 Å². The van der Waals surface area contributed by atoms with Crippen LogP contribution in [0, 0.1) is 5.92 Å². The molecule has 94 valence electrons. The lowest BCUT2D eigenvalue weighted by Gasteiger charge is -2.13. The van der Waals surface area contributed by atoms with Crippen molar-refractivity contribution in [2.45, 2.75) is 31.4 Å². The van der Waals surface area contributed by atoms with Gasteiger partial charge in [-0.2, -0.15) is 0 Å². The van der Waals surface area contributed by atoms with Crippen LogP contribution in [-0.2, 0) is 22.9 Å². The zero-order valence-electron chi connectivity index (χ0n) is 9.69. The average molecular weight is 318 g/mol. The molecule has 0 saturated carbocycles. The Morgan fingerprint density at radius 2 is 2.06 bits per heavy atom. The van der Waals surface area contributed by atoms with Crippen LogP contribution in [0.5, 0.6) is 0 Å². The molecule has 1 aliphatic rings. The lowest BCUT2D eigenvalue weighted by Crippen LogP contribution is -2.28. The lowest BCUT2D eigenvalue weighted by molar-refractivity contribution is 0.493. The highest BCUT2D eigenvalue weighted by molar-refractivity contribution is 9.10. The first-order valence-electron chi connectivity index (χ1n) is 5.65. The summed E-state index contributed by atoms with van der Waals surface area (Å²) in [5.74, 6) is 0.396. The van der Waals surface area contributed by atoms with Crippen LogP contribution < -0.4 is 5.14 Å². The van der Waals surface area contributed by atoms with Gasteiger partial charge in [-0.05, 0) is 55.4 Å². The van der Waals surface area contributed by atoms with Crippen molar-refractivity contribution in [3.05, 3.63) is 33.8 Å². The number of primary sulfonamides is 1. The molecule has 0 radical (unpaired) electrons. The molecule has 0 aromatic heterocycles. The standard InChI is InChI=1S/C12H16BrNO2S/c1-8(17(14,15)16)4-9-5-10-2-3-12(13)7-11(10)6-9/h2-3,7-9H,4-6H2,1H3,(H2,14,15,16)/t8?,9-/m0/s1. The van der Waals surface area contributed by atoms with Crippen LogP contribution in [0.25, 0.3) is 0 Å². The number of hydrogen-bond acceptors (Lipinski definition) is 2. The molecule has 2 rings (SSSR count). The monoisotopic (exact) mass is 317 g/mol. The summed E-state index contributed by atoms with van der Waals surface area (Å²) in [6, 6.07) is 6.27. The number of halogens is 1. The summed E-state index contributed by atoms with van der Waals surface area (Å²) in [5, 5.41) is 4.70. The summed E-state index contributed by atoms with van der Waals surface area (Å²) in [7, 11) is -3.40. The maximum Gasteiger partial charge on any atom is 0.211 e. The van der Waals surface area contributed by atoms with Crippen molar-refractivity contribution in [2.24, 2.45) is 11.1 Å². The second kappa shape index (κ2) is 4.71. The van der Waals surface area contributed by atoms with Crippen LogP contribution in [0.3, 0.4) is 0 Å². The van der Waals surface area contributed by atoms with Crippen molar-refractivity contribution in [1.82, 2.24) is 0 Å². The second-order valence-corrected chi connectivity index (χ2v) is 7.72. The van der Waals surface area contributed by atoms with Crippen LogP contribution in [0.2, 0.25) is 0 Å². The van der Waals surface area contributed by atoms with E-state index in [2.05, 4.69) is 28.1 Å². The molecule has 0 saturated heterocycles. The lowest BCUT2D eigenvalue weighted by atomic mass is 10.0. The number of nitrogens with two attached hydrogens (primary N) is 1. The molecule has 3 nitrogen and oxygen atoms in total. The highest BCUT2D eigenvalue weighted by atomic mass is 79.9. The van der Waals surface area contributed by atoms with Gasteiger partial charge in [0.05, 0.1) is 5.25 Å². The maximum atomic E-state index is 11.2. The molecule has 2 atom stereocenters. The van der Waals surface area contributed by atoms with E-state index in [0.717, 1.165) is 17.3 Å². The fraction of sp³-hybridized carbons (Fsp3) is 0.500. The van der Waals surface area contributed by atoms with Crippen molar-refractivity contribution < 1.29 is 8.42 Å². The van der Waals surface area contributed by atoms with Crippen LogP contribution in [-0.4, -0.2) is 13.7 Å². The Morgan fingerprint density at radius 3 is 2.71 bits per heavy atom. The maximum absolute atomic E-state index is 11.2. The van der Waals surface area contributed by atoms with Gasteiger partial charge in [0.1, 0.15) is 0 Å². The van der Waals surface area contributed by atoms with Crippen molar-refractivity contribution in [1.29, 1.82) is 0 Å². The molecule has 0 spiro atoms. The first-order valence-corrected chi connectivity index (χ1v) is 8.05. The average Bonchev–Trinajstić information content (AvgIpc) is 2.57. The van der Waals surface area contributed by atoms with Crippen molar-refractivity contribution in [3.63, 3.8) is 0 Å². The van der Waals surface area contributed by atoms with Gasteiger partial charge in [-0.1, -0.05) is 22.0 Å². The van der Waals surface area contributed by atoms with E-state index in [1.165, 1.54) is 11.1 Å². The van der Waals surface area contributed by atoms with Crippen molar-refractivity contribution in [2.75, 3.05) is 0 Å². The summed E-state index contributed by atoms with van der Waals surface area (Å²) in [4.78, 5) is 0. The minimum absolute atomic E-state index is 0.396. The Bertz CT molecular complexity index is 527. The van der Waals surface area contributed by atoms with Gasteiger partial charge in [0.2, 0.25) is 10.0 Å². The van der Waals surface area contributed by atoms with E-state index in [0.29, 0.717) is 12.3 Å². The van der Waals surface area contributed by atoms with Gasteiger partial charge in [-0.3, -0.25) is 0 Å². The van der Waals surface area contributed by atoms with Gasteiger partial charge in [0.25, 0.3) is 0 Å². The molecule has 0 amide bonds. The summed E-state index contributed by atoms with van der Waals surface area (Å²) in [6.07, 6.45) is 2.56. The number of hydrogen-bond donors (Lipinski definition) is 1. The minimum Gasteiger partial charge on any atom is -0.228 e. The van der Waals surface area contributed by atoms with Crippen LogP contribution >= 0.6 is 15.9 Å². The van der Waals surface area contributed by atoms with E-state index in [1.807, 2.05) is 6.07 Å². The largest absolute Gasteiger partial charge is 0.228 e. The number of rotatable bonds is 3. The van der Waals surface area contributed by atoms with E-state index >= 15 is 0 Å². The van der Waals surface area contributed by atoms with Crippen molar-refractivity contribution in [3.8, 4) is 0 Å². The van der Waals surface area contributed by atoms with Crippen LogP contribution in [0.1, 0.15) is 24.5 Å². The normalized spacial score (nSPS) is 21.2. The molecule has 1 unspecified atom stereocenters. The van der Waals surface area contributed by atoms with Crippen LogP contribution in [0.15, 0.2) is 22.7 Å². The molecule has 0 aliphatic heterocycles. The fourth-order valence-corrected chi connectivity index (χ4v) is 3.40. The van der Waals surface area contributed by atoms with Gasteiger partial charge < -0.3 is 0 Å². The Hall–Kier alpha value is -0.390. The molecule has 5 heteroatoms. The summed E-state index contributed by atoms with van der Waals surface area (Å²) in [5.41, 5.74) is 2.66. The highest BCUT2D eigenvalue weighted by Crippen LogP contribution is 2.32. The number of sulfonamides is 1. The Kier molecular flexibility index (Phi) is 3.61. The van der Waals surface area contributed by atoms with Gasteiger partial charge >= 0.3 is 0 Å². The summed E-state index contributed by atoms with van der Waals surface area (Å²) in [6.45, 7) is 1.69. The molecule has 0 heterocycles.